The molecule has 0 aliphatic heterocycles. The van der Waals surface area contributed by atoms with Gasteiger partial charge in [0.05, 0.1) is 22.3 Å². The van der Waals surface area contributed by atoms with Crippen LogP contribution in [0, 0.1) is 46.5 Å². The smallest absolute Gasteiger partial charge is 0.310 e. The third-order valence-electron chi connectivity index (χ3n) is 11.3. The quantitative estimate of drug-likeness (QED) is 0.121. The zero-order chi connectivity index (χ0) is 55.0. The number of anilines is 6. The molecule has 0 aromatic heterocycles. The van der Waals surface area contributed by atoms with Crippen LogP contribution in [0.4, 0.5) is 148 Å². The van der Waals surface area contributed by atoms with Crippen LogP contribution in [0.5, 0.6) is 0 Å². The van der Waals surface area contributed by atoms with Crippen molar-refractivity contribution >= 4 is 34.1 Å². The van der Waals surface area contributed by atoms with Gasteiger partial charge in [0, 0.05) is 28.2 Å². The van der Waals surface area contributed by atoms with Crippen molar-refractivity contribution in [1.29, 1.82) is 0 Å². The molecule has 6 aromatic carbocycles. The van der Waals surface area contributed by atoms with Gasteiger partial charge in [-0.3, -0.25) is 4.90 Å². The fourth-order valence-electron chi connectivity index (χ4n) is 8.11. The number of nitrogens with zero attached hydrogens (tertiary/aromatic N) is 2. The average molecular weight is 1080 g/mol. The molecule has 0 fully saturated rings. The molecule has 0 amide bonds. The third-order valence-corrected chi connectivity index (χ3v) is 11.3. The van der Waals surface area contributed by atoms with Gasteiger partial charge in [0.15, 0.2) is 46.5 Å². The highest BCUT2D eigenvalue weighted by molar-refractivity contribution is 5.90. The van der Waals surface area contributed by atoms with Gasteiger partial charge in [-0.05, 0) is 82.9 Å². The van der Waals surface area contributed by atoms with E-state index in [9.17, 15) is 79.0 Å². The molecule has 0 spiro atoms. The van der Waals surface area contributed by atoms with Crippen molar-refractivity contribution in [2.45, 2.75) is 56.3 Å². The number of halogens is 26. The van der Waals surface area contributed by atoms with Crippen LogP contribution in [-0.2, 0) is 42.5 Å². The van der Waals surface area contributed by atoms with Crippen LogP contribution < -0.4 is 9.80 Å². The molecule has 7 rings (SSSR count). The first-order chi connectivity index (χ1) is 33.1. The van der Waals surface area contributed by atoms with Crippen molar-refractivity contribution in [2.75, 3.05) is 9.80 Å². The summed E-state index contributed by atoms with van der Waals surface area (Å²) in [6.07, 6.45) is -35.5. The monoisotopic (exact) mass is 1080 g/mol. The minimum Gasteiger partial charge on any atom is -0.310 e. The van der Waals surface area contributed by atoms with E-state index >= 15 is 35.1 Å². The van der Waals surface area contributed by atoms with Crippen LogP contribution in [-0.4, -0.2) is 0 Å². The highest BCUT2D eigenvalue weighted by atomic mass is 19.4. The summed E-state index contributed by atoms with van der Waals surface area (Å²) in [5.41, 5.74) is -29.3. The van der Waals surface area contributed by atoms with Gasteiger partial charge in [0.1, 0.15) is 22.5 Å². The maximum atomic E-state index is 15.9. The molecule has 0 saturated heterocycles. The van der Waals surface area contributed by atoms with Crippen LogP contribution >= 0.6 is 0 Å². The number of alkyl halides is 18. The van der Waals surface area contributed by atoms with E-state index in [1.807, 2.05) is 0 Å². The van der Waals surface area contributed by atoms with Crippen molar-refractivity contribution in [3.63, 3.8) is 0 Å². The molecular weight excluding hydrogens is 1060 g/mol. The van der Waals surface area contributed by atoms with E-state index in [0.717, 1.165) is 18.2 Å². The van der Waals surface area contributed by atoms with Gasteiger partial charge >= 0.3 is 37.1 Å². The Balaban J connectivity index is 1.59. The first-order valence-corrected chi connectivity index (χ1v) is 19.4. The normalized spacial score (nSPS) is 14.1. The Hall–Kier alpha value is -6.90. The SMILES string of the molecule is CC1(C)c2ccc(N(c3cc(C(F)(F)F)cc(C(F)(F)F)c3)c3cc(C(F)(F)F)cc(C(F)(F)F)c3)cc2-c2cc(N(c3c(F)c(F)c(C(F)(F)F)c(F)c3F)c3c(F)c(F)c(C(F)(F)F)c(F)c3F)ccc21. The Kier molecular flexibility index (Phi) is 12.6. The van der Waals surface area contributed by atoms with Crippen LogP contribution in [0.1, 0.15) is 58.4 Å². The highest BCUT2D eigenvalue weighted by Crippen LogP contribution is 2.55. The van der Waals surface area contributed by atoms with E-state index in [4.69, 9.17) is 0 Å². The largest absolute Gasteiger partial charge is 0.422 e. The van der Waals surface area contributed by atoms with Gasteiger partial charge in [-0.15, -0.1) is 0 Å². The summed E-state index contributed by atoms with van der Waals surface area (Å²) in [7, 11) is 0. The zero-order valence-corrected chi connectivity index (χ0v) is 35.1. The number of rotatable bonds is 6. The Labute approximate surface area is 389 Å². The Morgan fingerprint density at radius 2 is 0.562 bits per heavy atom. The van der Waals surface area contributed by atoms with Crippen LogP contribution in [0.2, 0.25) is 0 Å². The molecule has 0 N–H and O–H groups in total. The Bertz CT molecular complexity index is 2940. The molecular formula is C45H18F26N2. The summed E-state index contributed by atoms with van der Waals surface area (Å²) < 4.78 is 376. The zero-order valence-electron chi connectivity index (χ0n) is 35.1. The lowest BCUT2D eigenvalue weighted by atomic mass is 9.82. The van der Waals surface area contributed by atoms with Crippen molar-refractivity contribution in [3.8, 4) is 11.1 Å². The number of fused-ring (bicyclic) bond motifs is 3. The van der Waals surface area contributed by atoms with Gasteiger partial charge in [0.25, 0.3) is 0 Å². The summed E-state index contributed by atoms with van der Waals surface area (Å²) in [6, 6.07) is 2.32. The van der Waals surface area contributed by atoms with E-state index in [1.165, 1.54) is 13.8 Å². The third kappa shape index (κ3) is 9.28. The van der Waals surface area contributed by atoms with E-state index in [2.05, 4.69) is 0 Å². The number of hydrogen-bond donors (Lipinski definition) is 0. The van der Waals surface area contributed by atoms with Crippen molar-refractivity contribution in [2.24, 2.45) is 0 Å². The molecule has 28 heteroatoms. The van der Waals surface area contributed by atoms with E-state index in [1.54, 1.807) is 0 Å². The fourth-order valence-corrected chi connectivity index (χ4v) is 8.11. The molecule has 0 radical (unpaired) electrons. The molecule has 0 bridgehead atoms. The molecule has 6 aromatic rings. The van der Waals surface area contributed by atoms with Gasteiger partial charge in [-0.1, -0.05) is 26.0 Å². The summed E-state index contributed by atoms with van der Waals surface area (Å²) >= 11 is 0. The van der Waals surface area contributed by atoms with Gasteiger partial charge in [0.2, 0.25) is 0 Å². The lowest BCUT2D eigenvalue weighted by Gasteiger charge is -2.29. The Morgan fingerprint density at radius 3 is 0.808 bits per heavy atom. The predicted octanol–water partition coefficient (Wildman–Crippen LogP) is 18.2. The standard InChI is InChI=1S/C45H18F26N2/c1-39(2)25-5-3-19(72(21-9-15(40(54,55)56)7-16(10-21)41(57,58)59)22-11-17(42(60,61)62)8-18(12-22)43(63,64)65)13-23(25)24-14-20(4-6-26(24)39)73(37-33(50)29(46)27(44(66,67)68)30(47)34(37)51)38-35(52)31(48)28(45(69,70)71)32(49)36(38)53/h3-14H,1-2H3. The van der Waals surface area contributed by atoms with Crippen LogP contribution in [0.25, 0.3) is 11.1 Å². The number of hydrogen-bond acceptors (Lipinski definition) is 2. The summed E-state index contributed by atoms with van der Waals surface area (Å²) in [6.45, 7) is 2.55. The summed E-state index contributed by atoms with van der Waals surface area (Å²) in [5, 5.41) is 0. The molecule has 2 nitrogen and oxygen atoms in total. The predicted molar refractivity (Wildman–Crippen MR) is 203 cm³/mol. The van der Waals surface area contributed by atoms with Crippen LogP contribution in [0.3, 0.4) is 0 Å². The van der Waals surface area contributed by atoms with E-state index in [-0.39, 0.29) is 40.3 Å². The highest BCUT2D eigenvalue weighted by Gasteiger charge is 2.48. The summed E-state index contributed by atoms with van der Waals surface area (Å²) in [5.74, 6) is -26.7. The van der Waals surface area contributed by atoms with E-state index in [0.29, 0.717) is 18.2 Å². The number of benzene rings is 6. The molecule has 0 unspecified atom stereocenters. The lowest BCUT2D eigenvalue weighted by Crippen LogP contribution is -2.24. The minimum atomic E-state index is -6.33. The molecule has 1 aliphatic carbocycles. The van der Waals surface area contributed by atoms with Crippen molar-refractivity contribution in [3.05, 3.63) is 164 Å². The second kappa shape index (κ2) is 17.1. The molecule has 73 heavy (non-hydrogen) atoms. The average Bonchev–Trinajstić information content (AvgIpc) is 3.47. The van der Waals surface area contributed by atoms with Crippen molar-refractivity contribution in [1.82, 2.24) is 0 Å². The maximum Gasteiger partial charge on any atom is 0.422 e. The van der Waals surface area contributed by atoms with Gasteiger partial charge in [-0.25, -0.2) is 35.1 Å². The molecule has 390 valence electrons. The Morgan fingerprint density at radius 1 is 0.301 bits per heavy atom. The topological polar surface area (TPSA) is 6.48 Å². The first kappa shape index (κ1) is 53.9. The van der Waals surface area contributed by atoms with Gasteiger partial charge in [-0.2, -0.15) is 79.0 Å². The summed E-state index contributed by atoms with van der Waals surface area (Å²) in [4.78, 5) is -0.911. The molecule has 0 heterocycles. The fraction of sp³-hybridized carbons (Fsp3) is 0.200. The lowest BCUT2D eigenvalue weighted by molar-refractivity contribution is -0.144. The maximum absolute atomic E-state index is 15.9. The minimum absolute atomic E-state index is 0.0351. The second-order valence-electron chi connectivity index (χ2n) is 16.2. The van der Waals surface area contributed by atoms with E-state index < -0.39 is 185 Å². The van der Waals surface area contributed by atoms with Crippen LogP contribution in [0.15, 0.2) is 72.8 Å². The first-order valence-electron chi connectivity index (χ1n) is 19.4. The van der Waals surface area contributed by atoms with Crippen molar-refractivity contribution < 1.29 is 114 Å². The molecule has 0 atom stereocenters. The van der Waals surface area contributed by atoms with Gasteiger partial charge < -0.3 is 4.90 Å². The molecule has 1 aliphatic rings. The second-order valence-corrected chi connectivity index (χ2v) is 16.2. The molecule has 0 saturated carbocycles.